The molecule has 0 spiro atoms. The Bertz CT molecular complexity index is 394. The van der Waals surface area contributed by atoms with E-state index in [1.165, 1.54) is 44.3 Å². The van der Waals surface area contributed by atoms with Crippen LogP contribution in [0.3, 0.4) is 0 Å². The fraction of sp³-hybridized carbons (Fsp3) is 0.800. The third-order valence-corrected chi connectivity index (χ3v) is 4.74. The zero-order valence-corrected chi connectivity index (χ0v) is 11.6. The predicted octanol–water partition coefficient (Wildman–Crippen LogP) is 2.69. The van der Waals surface area contributed by atoms with Gasteiger partial charge in [0.1, 0.15) is 0 Å². The molecule has 2 fully saturated rings. The average molecular weight is 247 g/mol. The van der Waals surface area contributed by atoms with Gasteiger partial charge in [-0.1, -0.05) is 13.3 Å². The van der Waals surface area contributed by atoms with Crippen molar-refractivity contribution in [2.75, 3.05) is 6.54 Å². The maximum Gasteiger partial charge on any atom is 0.0492 e. The Hall–Kier alpha value is -0.830. The molecule has 0 bridgehead atoms. The normalized spacial score (nSPS) is 32.7. The van der Waals surface area contributed by atoms with Crippen molar-refractivity contribution in [1.29, 1.82) is 0 Å². The highest BCUT2D eigenvalue weighted by molar-refractivity contribution is 5.11. The van der Waals surface area contributed by atoms with Crippen molar-refractivity contribution < 1.29 is 0 Å². The van der Waals surface area contributed by atoms with Crippen LogP contribution in [0.2, 0.25) is 0 Å². The minimum absolute atomic E-state index is 0.701. The van der Waals surface area contributed by atoms with Crippen molar-refractivity contribution >= 4 is 0 Å². The summed E-state index contributed by atoms with van der Waals surface area (Å²) in [6, 6.07) is 3.05. The first kappa shape index (κ1) is 12.2. The Morgan fingerprint density at radius 1 is 1.33 bits per heavy atom. The number of rotatable bonds is 4. The molecule has 0 saturated heterocycles. The Kier molecular flexibility index (Phi) is 3.42. The standard InChI is InChI=1S/C15H25N3/c1-11-3-4-12(10-16-13-5-6-13)14(9-11)15-7-8-17-18(15)2/h7-8,11-14,16H,3-6,9-10H2,1-2H3. The molecule has 2 aliphatic rings. The highest BCUT2D eigenvalue weighted by Crippen LogP contribution is 2.40. The van der Waals surface area contributed by atoms with E-state index in [-0.39, 0.29) is 0 Å². The third kappa shape index (κ3) is 2.61. The van der Waals surface area contributed by atoms with Crippen molar-refractivity contribution in [2.45, 2.75) is 51.0 Å². The van der Waals surface area contributed by atoms with E-state index in [9.17, 15) is 0 Å². The molecule has 0 aromatic carbocycles. The number of hydrogen-bond acceptors (Lipinski definition) is 2. The molecule has 0 aliphatic heterocycles. The molecular formula is C15H25N3. The molecule has 2 aliphatic carbocycles. The molecule has 3 heteroatoms. The number of aromatic nitrogens is 2. The van der Waals surface area contributed by atoms with Crippen LogP contribution in [-0.2, 0) is 7.05 Å². The van der Waals surface area contributed by atoms with Crippen LogP contribution < -0.4 is 5.32 Å². The van der Waals surface area contributed by atoms with Gasteiger partial charge >= 0.3 is 0 Å². The number of nitrogens with one attached hydrogen (secondary N) is 1. The van der Waals surface area contributed by atoms with E-state index in [0.29, 0.717) is 5.92 Å². The van der Waals surface area contributed by atoms with Crippen LogP contribution in [0, 0.1) is 11.8 Å². The van der Waals surface area contributed by atoms with E-state index in [2.05, 4.69) is 35.1 Å². The van der Waals surface area contributed by atoms with Crippen LogP contribution in [0.5, 0.6) is 0 Å². The summed E-state index contributed by atoms with van der Waals surface area (Å²) < 4.78 is 2.08. The maximum atomic E-state index is 4.36. The minimum atomic E-state index is 0.701. The van der Waals surface area contributed by atoms with Gasteiger partial charge < -0.3 is 5.32 Å². The second kappa shape index (κ2) is 5.04. The van der Waals surface area contributed by atoms with E-state index in [4.69, 9.17) is 0 Å². The minimum Gasteiger partial charge on any atom is -0.314 e. The van der Waals surface area contributed by atoms with Gasteiger partial charge in [-0.25, -0.2) is 0 Å². The van der Waals surface area contributed by atoms with E-state index >= 15 is 0 Å². The zero-order chi connectivity index (χ0) is 12.5. The van der Waals surface area contributed by atoms with Gasteiger partial charge in [-0.3, -0.25) is 4.68 Å². The van der Waals surface area contributed by atoms with Gasteiger partial charge in [0.25, 0.3) is 0 Å². The summed E-state index contributed by atoms with van der Waals surface area (Å²) in [7, 11) is 2.08. The molecule has 3 rings (SSSR count). The second-order valence-electron chi connectivity index (χ2n) is 6.35. The Labute approximate surface area is 110 Å². The molecular weight excluding hydrogens is 222 g/mol. The molecule has 3 nitrogen and oxygen atoms in total. The van der Waals surface area contributed by atoms with Gasteiger partial charge in [-0.15, -0.1) is 0 Å². The third-order valence-electron chi connectivity index (χ3n) is 4.74. The predicted molar refractivity (Wildman–Crippen MR) is 73.5 cm³/mol. The highest BCUT2D eigenvalue weighted by atomic mass is 15.3. The average Bonchev–Trinajstić information content (AvgIpc) is 3.09. The molecule has 1 heterocycles. The van der Waals surface area contributed by atoms with Gasteiger partial charge in [0.2, 0.25) is 0 Å². The quantitative estimate of drug-likeness (QED) is 0.886. The van der Waals surface area contributed by atoms with Crippen LogP contribution in [0.15, 0.2) is 12.3 Å². The zero-order valence-electron chi connectivity index (χ0n) is 11.6. The Balaban J connectivity index is 1.70. The van der Waals surface area contributed by atoms with Crippen LogP contribution in [-0.4, -0.2) is 22.4 Å². The van der Waals surface area contributed by atoms with E-state index < -0.39 is 0 Å². The van der Waals surface area contributed by atoms with Crippen molar-refractivity contribution in [3.63, 3.8) is 0 Å². The smallest absolute Gasteiger partial charge is 0.0492 e. The summed E-state index contributed by atoms with van der Waals surface area (Å²) in [4.78, 5) is 0. The van der Waals surface area contributed by atoms with E-state index in [0.717, 1.165) is 17.9 Å². The summed E-state index contributed by atoms with van der Waals surface area (Å²) in [5, 5.41) is 8.08. The Morgan fingerprint density at radius 2 is 2.17 bits per heavy atom. The molecule has 1 aromatic rings. The summed E-state index contributed by atoms with van der Waals surface area (Å²) in [6.45, 7) is 3.60. The molecule has 1 aromatic heterocycles. The lowest BCUT2D eigenvalue weighted by atomic mass is 9.73. The van der Waals surface area contributed by atoms with Gasteiger partial charge in [0.05, 0.1) is 0 Å². The molecule has 0 amide bonds. The first-order valence-corrected chi connectivity index (χ1v) is 7.45. The number of hydrogen-bond donors (Lipinski definition) is 1. The molecule has 18 heavy (non-hydrogen) atoms. The number of nitrogens with zero attached hydrogens (tertiary/aromatic N) is 2. The summed E-state index contributed by atoms with van der Waals surface area (Å²) in [6.07, 6.45) is 8.82. The largest absolute Gasteiger partial charge is 0.314 e. The monoisotopic (exact) mass is 247 g/mol. The lowest BCUT2D eigenvalue weighted by Gasteiger charge is -2.35. The highest BCUT2D eigenvalue weighted by Gasteiger charge is 2.32. The van der Waals surface area contributed by atoms with Crippen LogP contribution in [0.1, 0.15) is 50.6 Å². The topological polar surface area (TPSA) is 29.9 Å². The molecule has 3 unspecified atom stereocenters. The molecule has 0 radical (unpaired) electrons. The molecule has 1 N–H and O–H groups in total. The van der Waals surface area contributed by atoms with E-state index in [1.54, 1.807) is 0 Å². The van der Waals surface area contributed by atoms with Crippen molar-refractivity contribution in [1.82, 2.24) is 15.1 Å². The molecule has 2 saturated carbocycles. The van der Waals surface area contributed by atoms with Crippen LogP contribution in [0.4, 0.5) is 0 Å². The van der Waals surface area contributed by atoms with Crippen LogP contribution in [0.25, 0.3) is 0 Å². The lowest BCUT2D eigenvalue weighted by molar-refractivity contribution is 0.234. The fourth-order valence-electron chi connectivity index (χ4n) is 3.40. The summed E-state index contributed by atoms with van der Waals surface area (Å²) >= 11 is 0. The number of aryl methyl sites for hydroxylation is 1. The molecule has 100 valence electrons. The fourth-order valence-corrected chi connectivity index (χ4v) is 3.40. The van der Waals surface area contributed by atoms with Gasteiger partial charge in [0, 0.05) is 30.9 Å². The SMILES string of the molecule is CC1CCC(CNC2CC2)C(c2ccnn2C)C1. The first-order chi connectivity index (χ1) is 8.74. The summed E-state index contributed by atoms with van der Waals surface area (Å²) in [5.41, 5.74) is 1.43. The van der Waals surface area contributed by atoms with Crippen molar-refractivity contribution in [3.8, 4) is 0 Å². The van der Waals surface area contributed by atoms with Crippen molar-refractivity contribution in [3.05, 3.63) is 18.0 Å². The van der Waals surface area contributed by atoms with Gasteiger partial charge in [-0.2, -0.15) is 5.10 Å². The van der Waals surface area contributed by atoms with E-state index in [1.807, 2.05) is 6.20 Å². The van der Waals surface area contributed by atoms with Gasteiger partial charge in [-0.05, 0) is 50.1 Å². The Morgan fingerprint density at radius 3 is 2.83 bits per heavy atom. The maximum absolute atomic E-state index is 4.36. The van der Waals surface area contributed by atoms with Crippen LogP contribution >= 0.6 is 0 Å². The lowest BCUT2D eigenvalue weighted by Crippen LogP contribution is -2.33. The van der Waals surface area contributed by atoms with Gasteiger partial charge in [0.15, 0.2) is 0 Å². The molecule has 3 atom stereocenters. The summed E-state index contributed by atoms with van der Waals surface area (Å²) in [5.74, 6) is 2.37. The first-order valence-electron chi connectivity index (χ1n) is 7.45. The van der Waals surface area contributed by atoms with Crippen molar-refractivity contribution in [2.24, 2.45) is 18.9 Å². The second-order valence-corrected chi connectivity index (χ2v) is 6.35.